The summed E-state index contributed by atoms with van der Waals surface area (Å²) >= 11 is 0. The Bertz CT molecular complexity index is 319. The highest BCUT2D eigenvalue weighted by Gasteiger charge is 2.33. The summed E-state index contributed by atoms with van der Waals surface area (Å²) in [4.78, 5) is 8.13. The summed E-state index contributed by atoms with van der Waals surface area (Å²) in [5, 5.41) is 3.66. The molecule has 0 aromatic heterocycles. The van der Waals surface area contributed by atoms with Gasteiger partial charge in [-0.15, -0.1) is 0 Å². The lowest BCUT2D eigenvalue weighted by Gasteiger charge is -2.46. The Kier molecular flexibility index (Phi) is 6.14. The molecular weight excluding hydrogens is 272 g/mol. The monoisotopic (exact) mass is 308 g/mol. The van der Waals surface area contributed by atoms with Crippen molar-refractivity contribution in [1.29, 1.82) is 0 Å². The molecule has 0 radical (unpaired) electrons. The summed E-state index contributed by atoms with van der Waals surface area (Å²) in [6.45, 7) is 17.4. The molecule has 0 bridgehead atoms. The second-order valence-corrected chi connectivity index (χ2v) is 7.77. The van der Waals surface area contributed by atoms with E-state index in [9.17, 15) is 0 Å². The quantitative estimate of drug-likeness (QED) is 0.846. The summed E-state index contributed by atoms with van der Waals surface area (Å²) in [5.74, 6) is 1.82. The first kappa shape index (κ1) is 16.7. The number of nitrogens with zero attached hydrogens (tertiary/aromatic N) is 3. The van der Waals surface area contributed by atoms with Crippen molar-refractivity contribution in [3.63, 3.8) is 0 Å². The van der Waals surface area contributed by atoms with Gasteiger partial charge in [0, 0.05) is 45.3 Å². The average molecular weight is 309 g/mol. The van der Waals surface area contributed by atoms with Crippen LogP contribution in [0.4, 0.5) is 0 Å². The van der Waals surface area contributed by atoms with Crippen LogP contribution in [0.1, 0.15) is 33.1 Å². The molecule has 0 aromatic carbocycles. The maximum absolute atomic E-state index is 3.66. The number of hydrogen-bond donors (Lipinski definition) is 1. The van der Waals surface area contributed by atoms with Crippen LogP contribution in [0.2, 0.25) is 0 Å². The number of piperidine rings is 2. The summed E-state index contributed by atoms with van der Waals surface area (Å²) in [7, 11) is 0. The summed E-state index contributed by atoms with van der Waals surface area (Å²) < 4.78 is 0. The van der Waals surface area contributed by atoms with E-state index in [4.69, 9.17) is 0 Å². The van der Waals surface area contributed by atoms with Gasteiger partial charge in [0.2, 0.25) is 0 Å². The molecule has 3 aliphatic heterocycles. The number of rotatable bonds is 4. The molecule has 22 heavy (non-hydrogen) atoms. The predicted molar refractivity (Wildman–Crippen MR) is 93.3 cm³/mol. The molecule has 4 heteroatoms. The first-order valence-electron chi connectivity index (χ1n) is 9.65. The zero-order valence-electron chi connectivity index (χ0n) is 14.8. The van der Waals surface area contributed by atoms with E-state index in [-0.39, 0.29) is 0 Å². The Balaban J connectivity index is 1.52. The molecule has 4 nitrogen and oxygen atoms in total. The van der Waals surface area contributed by atoms with Crippen LogP contribution in [-0.4, -0.2) is 86.2 Å². The van der Waals surface area contributed by atoms with Crippen LogP contribution < -0.4 is 5.32 Å². The maximum atomic E-state index is 3.66. The Morgan fingerprint density at radius 2 is 1.64 bits per heavy atom. The standard InChI is InChI=1S/C18H36N4/c1-3-20-10-12-22(13-11-20)18-14-19-7-4-17(18)15-21-8-5-16(2)6-9-21/h16-19H,3-15H2,1-2H3. The summed E-state index contributed by atoms with van der Waals surface area (Å²) in [5.41, 5.74) is 0. The van der Waals surface area contributed by atoms with Gasteiger partial charge in [0.1, 0.15) is 0 Å². The molecule has 0 saturated carbocycles. The Morgan fingerprint density at radius 3 is 2.32 bits per heavy atom. The van der Waals surface area contributed by atoms with E-state index >= 15 is 0 Å². The van der Waals surface area contributed by atoms with Crippen molar-refractivity contribution in [2.75, 3.05) is 65.4 Å². The highest BCUT2D eigenvalue weighted by Crippen LogP contribution is 2.24. The molecule has 128 valence electrons. The van der Waals surface area contributed by atoms with Crippen molar-refractivity contribution in [2.24, 2.45) is 11.8 Å². The molecule has 0 aromatic rings. The van der Waals surface area contributed by atoms with Crippen molar-refractivity contribution in [3.05, 3.63) is 0 Å². The lowest BCUT2D eigenvalue weighted by Crippen LogP contribution is -2.59. The number of hydrogen-bond acceptors (Lipinski definition) is 4. The van der Waals surface area contributed by atoms with Crippen molar-refractivity contribution in [3.8, 4) is 0 Å². The van der Waals surface area contributed by atoms with Crippen molar-refractivity contribution >= 4 is 0 Å². The molecule has 0 amide bonds. The second-order valence-electron chi connectivity index (χ2n) is 7.77. The van der Waals surface area contributed by atoms with E-state index in [1.165, 1.54) is 84.7 Å². The van der Waals surface area contributed by atoms with Crippen molar-refractivity contribution < 1.29 is 0 Å². The fourth-order valence-corrected chi connectivity index (χ4v) is 4.52. The van der Waals surface area contributed by atoms with Crippen LogP contribution in [0, 0.1) is 11.8 Å². The molecule has 3 heterocycles. The van der Waals surface area contributed by atoms with E-state index < -0.39 is 0 Å². The maximum Gasteiger partial charge on any atom is 0.0262 e. The fourth-order valence-electron chi connectivity index (χ4n) is 4.52. The normalized spacial score (nSPS) is 34.1. The minimum atomic E-state index is 0.770. The molecule has 0 aliphatic carbocycles. The fraction of sp³-hybridized carbons (Fsp3) is 1.00. The van der Waals surface area contributed by atoms with Crippen LogP contribution in [-0.2, 0) is 0 Å². The molecule has 3 aliphatic rings. The highest BCUT2D eigenvalue weighted by atomic mass is 15.3. The lowest BCUT2D eigenvalue weighted by atomic mass is 9.89. The Morgan fingerprint density at radius 1 is 0.909 bits per heavy atom. The minimum Gasteiger partial charge on any atom is -0.315 e. The van der Waals surface area contributed by atoms with Gasteiger partial charge in [0.05, 0.1) is 0 Å². The zero-order chi connectivity index (χ0) is 15.4. The van der Waals surface area contributed by atoms with Crippen LogP contribution in [0.5, 0.6) is 0 Å². The topological polar surface area (TPSA) is 21.8 Å². The predicted octanol–water partition coefficient (Wildman–Crippen LogP) is 1.33. The SMILES string of the molecule is CCN1CCN(C2CNCCC2CN2CCC(C)CC2)CC1. The van der Waals surface area contributed by atoms with Crippen molar-refractivity contribution in [2.45, 2.75) is 39.2 Å². The average Bonchev–Trinajstić information content (AvgIpc) is 2.58. The third-order valence-electron chi connectivity index (χ3n) is 6.28. The van der Waals surface area contributed by atoms with Gasteiger partial charge < -0.3 is 15.1 Å². The van der Waals surface area contributed by atoms with Gasteiger partial charge in [-0.3, -0.25) is 4.90 Å². The number of likely N-dealkylation sites (N-methyl/N-ethyl adjacent to an activating group) is 1. The van der Waals surface area contributed by atoms with Gasteiger partial charge in [0.15, 0.2) is 0 Å². The van der Waals surface area contributed by atoms with Crippen LogP contribution in [0.15, 0.2) is 0 Å². The molecule has 3 rings (SSSR count). The number of piperazine rings is 1. The lowest BCUT2D eigenvalue weighted by molar-refractivity contribution is 0.0399. The number of likely N-dealkylation sites (tertiary alicyclic amines) is 1. The molecule has 2 atom stereocenters. The van der Waals surface area contributed by atoms with E-state index in [1.807, 2.05) is 0 Å². The number of nitrogens with one attached hydrogen (secondary N) is 1. The second kappa shape index (κ2) is 8.09. The van der Waals surface area contributed by atoms with Crippen LogP contribution >= 0.6 is 0 Å². The van der Waals surface area contributed by atoms with E-state index in [1.54, 1.807) is 0 Å². The third kappa shape index (κ3) is 4.22. The van der Waals surface area contributed by atoms with Crippen LogP contribution in [0.3, 0.4) is 0 Å². The largest absolute Gasteiger partial charge is 0.315 e. The molecule has 3 fully saturated rings. The van der Waals surface area contributed by atoms with Gasteiger partial charge in [-0.1, -0.05) is 13.8 Å². The molecular formula is C18H36N4. The zero-order valence-corrected chi connectivity index (χ0v) is 14.8. The van der Waals surface area contributed by atoms with Gasteiger partial charge >= 0.3 is 0 Å². The van der Waals surface area contributed by atoms with Crippen LogP contribution in [0.25, 0.3) is 0 Å². The van der Waals surface area contributed by atoms with Gasteiger partial charge in [-0.05, 0) is 57.3 Å². The van der Waals surface area contributed by atoms with Gasteiger partial charge in [0.25, 0.3) is 0 Å². The van der Waals surface area contributed by atoms with E-state index in [2.05, 4.69) is 33.9 Å². The summed E-state index contributed by atoms with van der Waals surface area (Å²) in [6, 6.07) is 0.770. The van der Waals surface area contributed by atoms with Crippen molar-refractivity contribution in [1.82, 2.24) is 20.0 Å². The molecule has 1 N–H and O–H groups in total. The Labute approximate surface area is 137 Å². The minimum absolute atomic E-state index is 0.770. The Hall–Kier alpha value is -0.160. The third-order valence-corrected chi connectivity index (χ3v) is 6.28. The highest BCUT2D eigenvalue weighted by molar-refractivity contribution is 4.90. The first-order valence-corrected chi connectivity index (χ1v) is 9.65. The summed E-state index contributed by atoms with van der Waals surface area (Å²) in [6.07, 6.45) is 4.18. The first-order chi connectivity index (χ1) is 10.8. The van der Waals surface area contributed by atoms with E-state index in [0.717, 1.165) is 17.9 Å². The molecule has 0 spiro atoms. The molecule has 3 saturated heterocycles. The molecule has 2 unspecified atom stereocenters. The van der Waals surface area contributed by atoms with Gasteiger partial charge in [-0.25, -0.2) is 0 Å². The smallest absolute Gasteiger partial charge is 0.0262 e. The van der Waals surface area contributed by atoms with E-state index in [0.29, 0.717) is 0 Å². The van der Waals surface area contributed by atoms with Gasteiger partial charge in [-0.2, -0.15) is 0 Å².